The van der Waals surface area contributed by atoms with Crippen molar-refractivity contribution in [1.29, 1.82) is 0 Å². The fraction of sp³-hybridized carbons (Fsp3) is 0.179. The van der Waals surface area contributed by atoms with Gasteiger partial charge in [0.15, 0.2) is 0 Å². The van der Waals surface area contributed by atoms with Gasteiger partial charge in [0, 0.05) is 29.7 Å². The predicted octanol–water partition coefficient (Wildman–Crippen LogP) is 4.22. The van der Waals surface area contributed by atoms with Gasteiger partial charge in [-0.15, -0.1) is 0 Å². The van der Waals surface area contributed by atoms with Crippen LogP contribution in [0.3, 0.4) is 0 Å². The summed E-state index contributed by atoms with van der Waals surface area (Å²) in [4.78, 5) is 13.1. The molecular weight excluding hydrogens is 538 g/mol. The Morgan fingerprint density at radius 1 is 0.821 bits per heavy atom. The van der Waals surface area contributed by atoms with E-state index in [2.05, 4.69) is 10.0 Å². The molecule has 0 saturated carbocycles. The second kappa shape index (κ2) is 10.8. The lowest BCUT2D eigenvalue weighted by molar-refractivity contribution is 0.0730. The van der Waals surface area contributed by atoms with E-state index in [9.17, 15) is 21.6 Å². The van der Waals surface area contributed by atoms with Gasteiger partial charge in [0.2, 0.25) is 10.0 Å². The molecule has 2 N–H and O–H groups in total. The van der Waals surface area contributed by atoms with Crippen LogP contribution in [0.4, 0.5) is 11.4 Å². The molecular formula is C28H27N3O6S2. The number of ether oxygens (including phenoxy) is 1. The predicted molar refractivity (Wildman–Crippen MR) is 150 cm³/mol. The van der Waals surface area contributed by atoms with Crippen LogP contribution in [0.1, 0.15) is 15.9 Å². The number of anilines is 2. The van der Waals surface area contributed by atoms with E-state index in [-0.39, 0.29) is 28.4 Å². The number of benzene rings is 4. The molecule has 202 valence electrons. The monoisotopic (exact) mass is 565 g/mol. The summed E-state index contributed by atoms with van der Waals surface area (Å²) in [6.45, 7) is 2.86. The number of sulfonamides is 2. The summed E-state index contributed by atoms with van der Waals surface area (Å²) < 4.78 is 61.4. The molecule has 1 saturated heterocycles. The van der Waals surface area contributed by atoms with Gasteiger partial charge in [-0.25, -0.2) is 16.8 Å². The summed E-state index contributed by atoms with van der Waals surface area (Å²) in [5.41, 5.74) is 1.64. The van der Waals surface area contributed by atoms with Crippen molar-refractivity contribution in [2.45, 2.75) is 16.7 Å². The molecule has 1 aliphatic rings. The molecule has 1 aliphatic heterocycles. The molecule has 0 radical (unpaired) electrons. The van der Waals surface area contributed by atoms with E-state index in [1.807, 2.05) is 30.3 Å². The average Bonchev–Trinajstić information content (AvgIpc) is 2.94. The number of carbonyl (C=O) groups excluding carboxylic acids is 1. The minimum absolute atomic E-state index is 0.0288. The zero-order chi connectivity index (χ0) is 27.6. The van der Waals surface area contributed by atoms with Gasteiger partial charge in [0.1, 0.15) is 0 Å². The van der Waals surface area contributed by atoms with Crippen molar-refractivity contribution in [3.63, 3.8) is 0 Å². The first-order valence-corrected chi connectivity index (χ1v) is 15.2. The average molecular weight is 566 g/mol. The van der Waals surface area contributed by atoms with E-state index >= 15 is 0 Å². The molecule has 1 fully saturated rings. The van der Waals surface area contributed by atoms with Crippen molar-refractivity contribution in [3.05, 3.63) is 96.1 Å². The van der Waals surface area contributed by atoms with Crippen LogP contribution < -0.4 is 10.0 Å². The zero-order valence-corrected chi connectivity index (χ0v) is 22.8. The van der Waals surface area contributed by atoms with Gasteiger partial charge in [0.25, 0.3) is 15.9 Å². The molecule has 0 unspecified atom stereocenters. The van der Waals surface area contributed by atoms with Gasteiger partial charge in [0.05, 0.1) is 28.7 Å². The molecule has 0 aliphatic carbocycles. The van der Waals surface area contributed by atoms with Crippen LogP contribution in [-0.4, -0.2) is 53.4 Å². The fourth-order valence-electron chi connectivity index (χ4n) is 4.38. The largest absolute Gasteiger partial charge is 0.379 e. The van der Waals surface area contributed by atoms with Gasteiger partial charge in [-0.2, -0.15) is 4.31 Å². The molecule has 0 bridgehead atoms. The van der Waals surface area contributed by atoms with Crippen molar-refractivity contribution >= 4 is 48.1 Å². The number of rotatable bonds is 7. The summed E-state index contributed by atoms with van der Waals surface area (Å²) in [5.74, 6) is -0.504. The highest BCUT2D eigenvalue weighted by molar-refractivity contribution is 7.92. The summed E-state index contributed by atoms with van der Waals surface area (Å²) >= 11 is 0. The lowest BCUT2D eigenvalue weighted by Gasteiger charge is -2.26. The third-order valence-electron chi connectivity index (χ3n) is 6.52. The van der Waals surface area contributed by atoms with E-state index in [4.69, 9.17) is 4.74 Å². The van der Waals surface area contributed by atoms with E-state index in [1.54, 1.807) is 25.1 Å². The van der Waals surface area contributed by atoms with Crippen molar-refractivity contribution in [2.75, 3.05) is 36.3 Å². The number of morpholine rings is 1. The minimum Gasteiger partial charge on any atom is -0.379 e. The van der Waals surface area contributed by atoms with Crippen LogP contribution in [0.5, 0.6) is 0 Å². The Labute approximate surface area is 227 Å². The molecule has 0 aromatic heterocycles. The lowest BCUT2D eigenvalue weighted by atomic mass is 10.1. The summed E-state index contributed by atoms with van der Waals surface area (Å²) in [6.07, 6.45) is 0. The third-order valence-corrected chi connectivity index (χ3v) is 9.79. The number of nitrogens with zero attached hydrogens (tertiary/aromatic N) is 1. The number of hydrogen-bond acceptors (Lipinski definition) is 6. The second-order valence-electron chi connectivity index (χ2n) is 9.10. The SMILES string of the molecule is Cc1ccc(S(=O)(=O)N2CCOCC2)cc1C(=O)Nc1ccc(S(=O)(=O)Nc2cccc3ccccc23)cc1. The molecule has 9 nitrogen and oxygen atoms in total. The first kappa shape index (κ1) is 26.8. The zero-order valence-electron chi connectivity index (χ0n) is 21.1. The Morgan fingerprint density at radius 3 is 2.23 bits per heavy atom. The Kier molecular flexibility index (Phi) is 7.41. The van der Waals surface area contributed by atoms with E-state index in [0.717, 1.165) is 10.8 Å². The quantitative estimate of drug-likeness (QED) is 0.346. The molecule has 1 heterocycles. The first-order valence-electron chi connectivity index (χ1n) is 12.3. The highest BCUT2D eigenvalue weighted by Gasteiger charge is 2.27. The van der Waals surface area contributed by atoms with Gasteiger partial charge in [-0.3, -0.25) is 9.52 Å². The summed E-state index contributed by atoms with van der Waals surface area (Å²) in [6, 6.07) is 23.1. The van der Waals surface area contributed by atoms with Gasteiger partial charge in [-0.05, 0) is 60.3 Å². The van der Waals surface area contributed by atoms with Gasteiger partial charge < -0.3 is 10.1 Å². The lowest BCUT2D eigenvalue weighted by Crippen LogP contribution is -2.40. The van der Waals surface area contributed by atoms with Crippen LogP contribution >= 0.6 is 0 Å². The third kappa shape index (κ3) is 5.66. The van der Waals surface area contributed by atoms with Crippen LogP contribution in [0.2, 0.25) is 0 Å². The van der Waals surface area contributed by atoms with Gasteiger partial charge >= 0.3 is 0 Å². The van der Waals surface area contributed by atoms with Crippen LogP contribution in [0, 0.1) is 6.92 Å². The van der Waals surface area contributed by atoms with E-state index in [1.165, 1.54) is 40.7 Å². The molecule has 11 heteroatoms. The summed E-state index contributed by atoms with van der Waals surface area (Å²) in [5, 5.41) is 4.42. The minimum atomic E-state index is -3.88. The Bertz CT molecular complexity index is 1740. The van der Waals surface area contributed by atoms with E-state index < -0.39 is 26.0 Å². The van der Waals surface area contributed by atoms with Crippen molar-refractivity contribution in [1.82, 2.24) is 4.31 Å². The fourth-order valence-corrected chi connectivity index (χ4v) is 6.89. The molecule has 39 heavy (non-hydrogen) atoms. The maximum atomic E-state index is 13.1. The van der Waals surface area contributed by atoms with Crippen molar-refractivity contribution < 1.29 is 26.4 Å². The van der Waals surface area contributed by atoms with Crippen molar-refractivity contribution in [2.24, 2.45) is 0 Å². The van der Waals surface area contributed by atoms with Crippen LogP contribution in [0.15, 0.2) is 94.7 Å². The van der Waals surface area contributed by atoms with Gasteiger partial charge in [-0.1, -0.05) is 42.5 Å². The number of hydrogen-bond donors (Lipinski definition) is 2. The maximum Gasteiger partial charge on any atom is 0.261 e. The standard InChI is InChI=1S/C28H27N3O6S2/c1-20-9-12-24(39(35,36)31-15-17-37-18-16-31)19-26(20)28(32)29-22-10-13-23(14-11-22)38(33,34)30-27-8-4-6-21-5-2-3-7-25(21)27/h2-14,19,30H,15-18H2,1H3,(H,29,32). The number of carbonyl (C=O) groups is 1. The molecule has 4 aromatic carbocycles. The molecule has 4 aromatic rings. The number of aryl methyl sites for hydroxylation is 1. The van der Waals surface area contributed by atoms with Crippen LogP contribution in [-0.2, 0) is 24.8 Å². The highest BCUT2D eigenvalue weighted by Crippen LogP contribution is 2.26. The first-order chi connectivity index (χ1) is 18.6. The number of nitrogens with one attached hydrogen (secondary N) is 2. The second-order valence-corrected chi connectivity index (χ2v) is 12.7. The Morgan fingerprint density at radius 2 is 1.49 bits per heavy atom. The van der Waals surface area contributed by atoms with Crippen molar-refractivity contribution in [3.8, 4) is 0 Å². The summed E-state index contributed by atoms with van der Waals surface area (Å²) in [7, 11) is -7.65. The number of amides is 1. The van der Waals surface area contributed by atoms with E-state index in [0.29, 0.717) is 30.2 Å². The Hall–Kier alpha value is -3.77. The number of fused-ring (bicyclic) bond motifs is 1. The topological polar surface area (TPSA) is 122 Å². The van der Waals surface area contributed by atoms with Crippen LogP contribution in [0.25, 0.3) is 10.8 Å². The molecule has 1 amide bonds. The highest BCUT2D eigenvalue weighted by atomic mass is 32.2. The normalized spacial score (nSPS) is 14.7. The molecule has 0 spiro atoms. The maximum absolute atomic E-state index is 13.1. The molecule has 5 rings (SSSR count). The smallest absolute Gasteiger partial charge is 0.261 e. The molecule has 0 atom stereocenters. The Balaban J connectivity index is 1.33.